The molecule has 0 bridgehead atoms. The van der Waals surface area contributed by atoms with E-state index >= 15 is 0 Å². The van der Waals surface area contributed by atoms with Gasteiger partial charge in [-0.25, -0.2) is 8.78 Å². The highest BCUT2D eigenvalue weighted by molar-refractivity contribution is 6.02. The van der Waals surface area contributed by atoms with Gasteiger partial charge in [-0.2, -0.15) is 0 Å². The molecule has 0 radical (unpaired) electrons. The average molecular weight is 390 g/mol. The number of aromatic nitrogens is 1. The highest BCUT2D eigenvalue weighted by atomic mass is 19.3. The van der Waals surface area contributed by atoms with Crippen molar-refractivity contribution in [2.75, 3.05) is 19.8 Å². The monoisotopic (exact) mass is 390 g/mol. The third-order valence-corrected chi connectivity index (χ3v) is 6.23. The van der Waals surface area contributed by atoms with Gasteiger partial charge in [0.25, 0.3) is 5.91 Å². The SMILES string of the molecule is Cc1cccn2c(CC3CCOC3)cc(C(=O)NCC3CCC(F)(F)CC3)c12. The number of rotatable bonds is 5. The zero-order valence-corrected chi connectivity index (χ0v) is 16.3. The molecule has 1 saturated carbocycles. The van der Waals surface area contributed by atoms with Gasteiger partial charge in [-0.05, 0) is 62.1 Å². The van der Waals surface area contributed by atoms with Gasteiger partial charge in [-0.1, -0.05) is 6.07 Å². The number of hydrogen-bond acceptors (Lipinski definition) is 2. The van der Waals surface area contributed by atoms with Crippen LogP contribution in [0.1, 0.15) is 53.7 Å². The van der Waals surface area contributed by atoms with Crippen molar-refractivity contribution in [1.29, 1.82) is 0 Å². The lowest BCUT2D eigenvalue weighted by atomic mass is 9.87. The number of carbonyl (C=O) groups excluding carboxylic acids is 1. The van der Waals surface area contributed by atoms with Crippen molar-refractivity contribution in [3.05, 3.63) is 41.2 Å². The van der Waals surface area contributed by atoms with E-state index in [9.17, 15) is 13.6 Å². The van der Waals surface area contributed by atoms with Gasteiger partial charge in [-0.3, -0.25) is 4.79 Å². The normalized spacial score (nSPS) is 22.6. The molecule has 1 aliphatic carbocycles. The van der Waals surface area contributed by atoms with Crippen molar-refractivity contribution in [2.45, 2.75) is 51.4 Å². The summed E-state index contributed by atoms with van der Waals surface area (Å²) in [5.74, 6) is -2.03. The first kappa shape index (κ1) is 19.4. The number of nitrogens with one attached hydrogen (secondary N) is 1. The van der Waals surface area contributed by atoms with E-state index in [4.69, 9.17) is 4.74 Å². The van der Waals surface area contributed by atoms with Crippen LogP contribution in [0.4, 0.5) is 8.78 Å². The maximum Gasteiger partial charge on any atom is 0.253 e. The van der Waals surface area contributed by atoms with Crippen LogP contribution in [0.5, 0.6) is 0 Å². The lowest BCUT2D eigenvalue weighted by Crippen LogP contribution is -2.33. The smallest absolute Gasteiger partial charge is 0.253 e. The maximum atomic E-state index is 13.3. The standard InChI is InChI=1S/C22H28F2N2O2/c1-15-3-2-9-26-18(11-17-6-10-28-14-17)12-19(20(15)26)21(27)25-13-16-4-7-22(23,24)8-5-16/h2-3,9,12,16-17H,4-8,10-11,13-14H2,1H3,(H,25,27). The minimum absolute atomic E-state index is 0.0740. The van der Waals surface area contributed by atoms with E-state index < -0.39 is 5.92 Å². The van der Waals surface area contributed by atoms with Crippen LogP contribution in [0.15, 0.2) is 24.4 Å². The molecule has 2 fully saturated rings. The molecule has 2 aromatic rings. The Labute approximate surface area is 164 Å². The molecular weight excluding hydrogens is 362 g/mol. The molecule has 2 aliphatic rings. The average Bonchev–Trinajstić information content (AvgIpc) is 3.30. The largest absolute Gasteiger partial charge is 0.381 e. The first-order chi connectivity index (χ1) is 13.4. The second-order valence-corrected chi connectivity index (χ2v) is 8.40. The Morgan fingerprint density at radius 3 is 2.79 bits per heavy atom. The summed E-state index contributed by atoms with van der Waals surface area (Å²) in [6, 6.07) is 6.00. The summed E-state index contributed by atoms with van der Waals surface area (Å²) in [6.45, 7) is 4.05. The summed E-state index contributed by atoms with van der Waals surface area (Å²) in [6.07, 6.45) is 4.73. The molecule has 2 aromatic heterocycles. The van der Waals surface area contributed by atoms with E-state index in [1.165, 1.54) is 0 Å². The summed E-state index contributed by atoms with van der Waals surface area (Å²) in [7, 11) is 0. The van der Waals surface area contributed by atoms with Gasteiger partial charge in [0.1, 0.15) is 0 Å². The van der Waals surface area contributed by atoms with E-state index in [0.29, 0.717) is 30.9 Å². The Morgan fingerprint density at radius 1 is 1.29 bits per heavy atom. The molecule has 0 spiro atoms. The van der Waals surface area contributed by atoms with Gasteiger partial charge < -0.3 is 14.5 Å². The molecule has 1 unspecified atom stereocenters. The lowest BCUT2D eigenvalue weighted by molar-refractivity contribution is -0.0452. The number of aryl methyl sites for hydroxylation is 1. The minimum Gasteiger partial charge on any atom is -0.381 e. The first-order valence-electron chi connectivity index (χ1n) is 10.3. The molecule has 0 aromatic carbocycles. The summed E-state index contributed by atoms with van der Waals surface area (Å²) >= 11 is 0. The molecule has 28 heavy (non-hydrogen) atoms. The number of carbonyl (C=O) groups is 1. The van der Waals surface area contributed by atoms with Crippen molar-refractivity contribution in [3.8, 4) is 0 Å². The fourth-order valence-corrected chi connectivity index (χ4v) is 4.51. The molecule has 1 amide bonds. The maximum absolute atomic E-state index is 13.3. The number of ether oxygens (including phenoxy) is 1. The number of amides is 1. The van der Waals surface area contributed by atoms with Crippen molar-refractivity contribution in [2.24, 2.45) is 11.8 Å². The summed E-state index contributed by atoms with van der Waals surface area (Å²) in [5, 5.41) is 3.00. The third kappa shape index (κ3) is 4.07. The Kier molecular flexibility index (Phi) is 5.41. The predicted molar refractivity (Wildman–Crippen MR) is 104 cm³/mol. The molecule has 4 nitrogen and oxygen atoms in total. The quantitative estimate of drug-likeness (QED) is 0.823. The van der Waals surface area contributed by atoms with Gasteiger partial charge in [0.2, 0.25) is 5.92 Å². The second-order valence-electron chi connectivity index (χ2n) is 8.40. The molecule has 152 valence electrons. The van der Waals surface area contributed by atoms with Gasteiger partial charge in [0.05, 0.1) is 11.1 Å². The molecule has 1 aliphatic heterocycles. The van der Waals surface area contributed by atoms with Crippen LogP contribution in [0.2, 0.25) is 0 Å². The van der Waals surface area contributed by atoms with E-state index in [0.717, 1.165) is 42.8 Å². The van der Waals surface area contributed by atoms with Crippen LogP contribution in [-0.2, 0) is 11.2 Å². The van der Waals surface area contributed by atoms with Gasteiger partial charge in [-0.15, -0.1) is 0 Å². The Hall–Kier alpha value is -1.95. The molecule has 1 atom stereocenters. The zero-order valence-electron chi connectivity index (χ0n) is 16.3. The second kappa shape index (κ2) is 7.82. The minimum atomic E-state index is -2.53. The molecule has 3 heterocycles. The lowest BCUT2D eigenvalue weighted by Gasteiger charge is -2.28. The number of fused-ring (bicyclic) bond motifs is 1. The fourth-order valence-electron chi connectivity index (χ4n) is 4.51. The van der Waals surface area contributed by atoms with Crippen molar-refractivity contribution in [1.82, 2.24) is 9.72 Å². The number of pyridine rings is 1. The molecule has 1 saturated heterocycles. The van der Waals surface area contributed by atoms with Gasteiger partial charge >= 0.3 is 0 Å². The molecule has 4 rings (SSSR count). The summed E-state index contributed by atoms with van der Waals surface area (Å²) in [5.41, 5.74) is 3.78. The van der Waals surface area contributed by atoms with Crippen LogP contribution >= 0.6 is 0 Å². The van der Waals surface area contributed by atoms with Crippen LogP contribution < -0.4 is 5.32 Å². The van der Waals surface area contributed by atoms with Crippen LogP contribution in [-0.4, -0.2) is 36.0 Å². The van der Waals surface area contributed by atoms with Crippen molar-refractivity contribution < 1.29 is 18.3 Å². The van der Waals surface area contributed by atoms with E-state index in [-0.39, 0.29) is 24.7 Å². The van der Waals surface area contributed by atoms with Crippen LogP contribution in [0, 0.1) is 18.8 Å². The highest BCUT2D eigenvalue weighted by Gasteiger charge is 2.35. The summed E-state index contributed by atoms with van der Waals surface area (Å²) in [4.78, 5) is 12.9. The topological polar surface area (TPSA) is 42.7 Å². The van der Waals surface area contributed by atoms with Crippen LogP contribution in [0.3, 0.4) is 0 Å². The first-order valence-corrected chi connectivity index (χ1v) is 10.3. The number of halogens is 2. The zero-order chi connectivity index (χ0) is 19.7. The van der Waals surface area contributed by atoms with Gasteiger partial charge in [0, 0.05) is 44.5 Å². The highest BCUT2D eigenvalue weighted by Crippen LogP contribution is 2.35. The van der Waals surface area contributed by atoms with Gasteiger partial charge in [0.15, 0.2) is 0 Å². The van der Waals surface area contributed by atoms with Crippen LogP contribution in [0.25, 0.3) is 5.52 Å². The molecular formula is C22H28F2N2O2. The molecule has 6 heteroatoms. The van der Waals surface area contributed by atoms with E-state index in [1.807, 2.05) is 31.3 Å². The summed E-state index contributed by atoms with van der Waals surface area (Å²) < 4.78 is 34.3. The van der Waals surface area contributed by atoms with E-state index in [2.05, 4.69) is 9.72 Å². The van der Waals surface area contributed by atoms with E-state index in [1.54, 1.807) is 0 Å². The fraction of sp³-hybridized carbons (Fsp3) is 0.591. The number of nitrogens with zero attached hydrogens (tertiary/aromatic N) is 1. The Bertz CT molecular complexity index is 846. The Morgan fingerprint density at radius 2 is 2.07 bits per heavy atom. The number of hydrogen-bond donors (Lipinski definition) is 1. The third-order valence-electron chi connectivity index (χ3n) is 6.23. The predicted octanol–water partition coefficient (Wildman–Crippen LogP) is 4.38. The Balaban J connectivity index is 1.50. The number of alkyl halides is 2. The van der Waals surface area contributed by atoms with Crippen molar-refractivity contribution >= 4 is 11.4 Å². The van der Waals surface area contributed by atoms with Crippen molar-refractivity contribution in [3.63, 3.8) is 0 Å². The molecule has 1 N–H and O–H groups in total.